The van der Waals surface area contributed by atoms with Crippen molar-refractivity contribution in [1.82, 2.24) is 0 Å². The predicted octanol–water partition coefficient (Wildman–Crippen LogP) is 8.87. The van der Waals surface area contributed by atoms with Gasteiger partial charge in [0.2, 0.25) is 0 Å². The molecule has 4 heteroatoms. The fraction of sp³-hybridized carbons (Fsp3) is 0.625. The van der Waals surface area contributed by atoms with Crippen LogP contribution in [0.5, 0.6) is 23.0 Å². The Bertz CT molecular complexity index is 982. The lowest BCUT2D eigenvalue weighted by molar-refractivity contribution is 0.277. The number of phenols is 4. The van der Waals surface area contributed by atoms with E-state index in [2.05, 4.69) is 69.2 Å². The van der Waals surface area contributed by atoms with Gasteiger partial charge < -0.3 is 20.4 Å². The molecule has 4 N–H and O–H groups in total. The van der Waals surface area contributed by atoms with Crippen LogP contribution in [0.3, 0.4) is 0 Å². The molecular weight excluding hydrogens is 448 g/mol. The van der Waals surface area contributed by atoms with E-state index in [0.29, 0.717) is 28.7 Å². The summed E-state index contributed by atoms with van der Waals surface area (Å²) in [7, 11) is 0. The second kappa shape index (κ2) is 10.2. The van der Waals surface area contributed by atoms with Gasteiger partial charge in [-0.1, -0.05) is 82.6 Å². The number of rotatable bonds is 8. The molecule has 0 spiro atoms. The van der Waals surface area contributed by atoms with E-state index in [9.17, 15) is 20.4 Å². The van der Waals surface area contributed by atoms with Crippen molar-refractivity contribution in [2.24, 2.45) is 10.8 Å². The van der Waals surface area contributed by atoms with Gasteiger partial charge >= 0.3 is 0 Å². The first-order valence-corrected chi connectivity index (χ1v) is 13.3. The van der Waals surface area contributed by atoms with Crippen molar-refractivity contribution in [3.8, 4) is 23.0 Å². The van der Waals surface area contributed by atoms with Gasteiger partial charge in [0.15, 0.2) is 0 Å². The average molecular weight is 499 g/mol. The van der Waals surface area contributed by atoms with Crippen molar-refractivity contribution in [2.75, 3.05) is 0 Å². The van der Waals surface area contributed by atoms with Crippen LogP contribution >= 0.6 is 0 Å². The first-order valence-electron chi connectivity index (χ1n) is 13.3. The minimum Gasteiger partial charge on any atom is -0.508 e. The average Bonchev–Trinajstić information content (AvgIpc) is 2.65. The molecule has 0 atom stereocenters. The summed E-state index contributed by atoms with van der Waals surface area (Å²) in [5.41, 5.74) is 1.97. The zero-order valence-electron chi connectivity index (χ0n) is 24.5. The number of phenolic OH excluding ortho intramolecular Hbond substituents is 4. The summed E-state index contributed by atoms with van der Waals surface area (Å²) in [4.78, 5) is 0. The molecule has 4 nitrogen and oxygen atoms in total. The zero-order chi connectivity index (χ0) is 27.9. The molecule has 0 saturated carbocycles. The molecule has 202 valence electrons. The van der Waals surface area contributed by atoms with Gasteiger partial charge in [0.1, 0.15) is 23.0 Å². The fourth-order valence-electron chi connectivity index (χ4n) is 6.44. The van der Waals surface area contributed by atoms with E-state index in [1.807, 2.05) is 6.92 Å². The number of benzene rings is 2. The summed E-state index contributed by atoms with van der Waals surface area (Å²) in [6, 6.07) is 6.64. The van der Waals surface area contributed by atoms with Crippen molar-refractivity contribution in [1.29, 1.82) is 0 Å². The first kappa shape index (κ1) is 29.9. The summed E-state index contributed by atoms with van der Waals surface area (Å²) >= 11 is 0. The van der Waals surface area contributed by atoms with Crippen LogP contribution in [0.2, 0.25) is 0 Å². The third-order valence-corrected chi connectivity index (χ3v) is 7.02. The third-order valence-electron chi connectivity index (χ3n) is 7.02. The number of aromatic hydroxyl groups is 4. The SMILES string of the molecule is CCCC(c1cc(O)c(C(C)(C)CC(C)(C)C)cc1O)c1cc(O)c(C(C)(C)CC(C)(C)C)cc1O. The molecule has 0 aliphatic rings. The molecular formula is C32H50O4. The van der Waals surface area contributed by atoms with Gasteiger partial charge in [-0.3, -0.25) is 0 Å². The molecule has 0 unspecified atom stereocenters. The molecule has 36 heavy (non-hydrogen) atoms. The van der Waals surface area contributed by atoms with Gasteiger partial charge in [-0.25, -0.2) is 0 Å². The highest BCUT2D eigenvalue weighted by Gasteiger charge is 2.34. The fourth-order valence-corrected chi connectivity index (χ4v) is 6.44. The lowest BCUT2D eigenvalue weighted by atomic mass is 9.71. The van der Waals surface area contributed by atoms with Crippen LogP contribution in [-0.4, -0.2) is 20.4 Å². The molecule has 0 aliphatic heterocycles. The highest BCUT2D eigenvalue weighted by Crippen LogP contribution is 2.48. The van der Waals surface area contributed by atoms with Crippen LogP contribution in [0, 0.1) is 10.8 Å². The molecule has 0 aromatic heterocycles. The van der Waals surface area contributed by atoms with E-state index in [4.69, 9.17) is 0 Å². The van der Waals surface area contributed by atoms with Gasteiger partial charge in [0.05, 0.1) is 0 Å². The summed E-state index contributed by atoms with van der Waals surface area (Å²) in [5.74, 6) is 0.111. The Hall–Kier alpha value is -2.36. The molecule has 2 aromatic rings. The summed E-state index contributed by atoms with van der Waals surface area (Å²) in [6.45, 7) is 23.4. The third kappa shape index (κ3) is 7.11. The maximum Gasteiger partial charge on any atom is 0.119 e. The molecule has 0 saturated heterocycles. The molecule has 0 aliphatic carbocycles. The Morgan fingerprint density at radius 1 is 0.556 bits per heavy atom. The summed E-state index contributed by atoms with van der Waals surface area (Å²) in [5, 5.41) is 44.4. The second-order valence-electron chi connectivity index (χ2n) is 14.4. The van der Waals surface area contributed by atoms with Crippen molar-refractivity contribution in [3.63, 3.8) is 0 Å². The van der Waals surface area contributed by atoms with E-state index in [1.54, 1.807) is 24.3 Å². The topological polar surface area (TPSA) is 80.9 Å². The lowest BCUT2D eigenvalue weighted by Gasteiger charge is -2.34. The number of hydrogen-bond acceptors (Lipinski definition) is 4. The maximum atomic E-state index is 11.2. The standard InChI is InChI=1S/C32H50O4/c1-12-13-20(21-14-27(35)23(16-25(21)33)31(8,9)18-29(2,3)4)22-15-28(36)24(17-26(22)34)32(10,11)19-30(5,6)7/h14-17,20,33-36H,12-13,18-19H2,1-11H3. The van der Waals surface area contributed by atoms with Crippen LogP contribution in [0.1, 0.15) is 130 Å². The Balaban J connectivity index is 2.60. The number of hydrogen-bond donors (Lipinski definition) is 4. The van der Waals surface area contributed by atoms with E-state index in [0.717, 1.165) is 19.3 Å². The minimum atomic E-state index is -0.369. The molecule has 0 amide bonds. The molecule has 0 bridgehead atoms. The highest BCUT2D eigenvalue weighted by molar-refractivity contribution is 5.56. The first-order chi connectivity index (χ1) is 16.2. The largest absolute Gasteiger partial charge is 0.508 e. The van der Waals surface area contributed by atoms with Crippen LogP contribution in [0.4, 0.5) is 0 Å². The molecule has 2 rings (SSSR count). The normalized spacial score (nSPS) is 13.4. The van der Waals surface area contributed by atoms with Gasteiger partial charge in [-0.05, 0) is 65.2 Å². The Morgan fingerprint density at radius 3 is 1.17 bits per heavy atom. The quantitative estimate of drug-likeness (QED) is 0.274. The van der Waals surface area contributed by atoms with Gasteiger partial charge in [0.25, 0.3) is 0 Å². The Kier molecular flexibility index (Phi) is 8.45. The van der Waals surface area contributed by atoms with Crippen molar-refractivity contribution >= 4 is 0 Å². The van der Waals surface area contributed by atoms with Crippen molar-refractivity contribution < 1.29 is 20.4 Å². The molecule has 0 fully saturated rings. The zero-order valence-corrected chi connectivity index (χ0v) is 24.5. The van der Waals surface area contributed by atoms with Crippen LogP contribution in [0.15, 0.2) is 24.3 Å². The monoisotopic (exact) mass is 498 g/mol. The molecule has 2 aromatic carbocycles. The molecule has 0 heterocycles. The maximum absolute atomic E-state index is 11.2. The van der Waals surface area contributed by atoms with Crippen LogP contribution < -0.4 is 0 Å². The highest BCUT2D eigenvalue weighted by atomic mass is 16.3. The lowest BCUT2D eigenvalue weighted by Crippen LogP contribution is -2.25. The van der Waals surface area contributed by atoms with E-state index in [1.165, 1.54) is 0 Å². The van der Waals surface area contributed by atoms with E-state index in [-0.39, 0.29) is 50.6 Å². The van der Waals surface area contributed by atoms with Crippen LogP contribution in [-0.2, 0) is 10.8 Å². The van der Waals surface area contributed by atoms with Gasteiger partial charge in [-0.2, -0.15) is 0 Å². The van der Waals surface area contributed by atoms with Crippen molar-refractivity contribution in [2.45, 2.75) is 119 Å². The Morgan fingerprint density at radius 2 is 0.889 bits per heavy atom. The van der Waals surface area contributed by atoms with E-state index >= 15 is 0 Å². The molecule has 0 radical (unpaired) electrons. The minimum absolute atomic E-state index is 0.0564. The van der Waals surface area contributed by atoms with E-state index < -0.39 is 0 Å². The van der Waals surface area contributed by atoms with Gasteiger partial charge in [0, 0.05) is 28.2 Å². The van der Waals surface area contributed by atoms with Crippen LogP contribution in [0.25, 0.3) is 0 Å². The van der Waals surface area contributed by atoms with Gasteiger partial charge in [-0.15, -0.1) is 0 Å². The summed E-state index contributed by atoms with van der Waals surface area (Å²) < 4.78 is 0. The predicted molar refractivity (Wildman–Crippen MR) is 150 cm³/mol. The van der Waals surface area contributed by atoms with Crippen molar-refractivity contribution in [3.05, 3.63) is 46.5 Å². The second-order valence-corrected chi connectivity index (χ2v) is 14.4. The Labute approximate surface area is 219 Å². The smallest absolute Gasteiger partial charge is 0.119 e. The summed E-state index contributed by atoms with van der Waals surface area (Å²) in [6.07, 6.45) is 3.13.